The molecule has 142 valence electrons. The zero-order chi connectivity index (χ0) is 18.6. The van der Waals surface area contributed by atoms with E-state index in [1.54, 1.807) is 0 Å². The maximum Gasteiger partial charge on any atom is 0.253 e. The second-order valence-corrected chi connectivity index (χ2v) is 8.67. The van der Waals surface area contributed by atoms with Crippen LogP contribution in [0.5, 0.6) is 0 Å². The Morgan fingerprint density at radius 3 is 2.52 bits per heavy atom. The fourth-order valence-corrected chi connectivity index (χ4v) is 4.96. The van der Waals surface area contributed by atoms with Crippen molar-refractivity contribution in [3.63, 3.8) is 0 Å². The van der Waals surface area contributed by atoms with Crippen molar-refractivity contribution < 1.29 is 4.79 Å². The summed E-state index contributed by atoms with van der Waals surface area (Å²) in [5.74, 6) is 2.66. The van der Waals surface area contributed by atoms with Gasteiger partial charge in [-0.1, -0.05) is 18.2 Å². The zero-order valence-corrected chi connectivity index (χ0v) is 16.8. The van der Waals surface area contributed by atoms with Crippen molar-refractivity contribution in [2.75, 3.05) is 37.7 Å². The number of carbonyl (C=O) groups excluding carboxylic acids is 1. The van der Waals surface area contributed by atoms with Crippen LogP contribution in [0, 0.1) is 6.92 Å². The molecule has 0 atom stereocenters. The number of nitrogens with zero attached hydrogens (tertiary/aromatic N) is 3. The van der Waals surface area contributed by atoms with Gasteiger partial charge in [-0.05, 0) is 43.5 Å². The van der Waals surface area contributed by atoms with Crippen molar-refractivity contribution in [1.82, 2.24) is 14.8 Å². The lowest BCUT2D eigenvalue weighted by Gasteiger charge is -2.40. The summed E-state index contributed by atoms with van der Waals surface area (Å²) in [7, 11) is 0. The van der Waals surface area contributed by atoms with Crippen LogP contribution in [0.4, 0.5) is 0 Å². The highest BCUT2D eigenvalue weighted by molar-refractivity contribution is 7.99. The lowest BCUT2D eigenvalue weighted by atomic mass is 10.0. The molecule has 0 unspecified atom stereocenters. The number of thioether (sulfide) groups is 1. The van der Waals surface area contributed by atoms with Gasteiger partial charge in [0.15, 0.2) is 0 Å². The van der Waals surface area contributed by atoms with Crippen LogP contribution < -0.4 is 0 Å². The van der Waals surface area contributed by atoms with Crippen molar-refractivity contribution in [1.29, 1.82) is 0 Å². The molecular formula is C22H27N3OS. The smallest absolute Gasteiger partial charge is 0.253 e. The maximum atomic E-state index is 13.0. The summed E-state index contributed by atoms with van der Waals surface area (Å²) in [5.41, 5.74) is 3.88. The SMILES string of the molecule is Cc1ccc(-c2cccc(C(=O)N3CCC(N4CCSCC4)CC3)c2)cn1. The lowest BCUT2D eigenvalue weighted by molar-refractivity contribution is 0.0631. The fraction of sp³-hybridized carbons (Fsp3) is 0.455. The van der Waals surface area contributed by atoms with Crippen LogP contribution in [0.1, 0.15) is 28.9 Å². The predicted molar refractivity (Wildman–Crippen MR) is 112 cm³/mol. The quantitative estimate of drug-likeness (QED) is 0.812. The van der Waals surface area contributed by atoms with Gasteiger partial charge in [-0.3, -0.25) is 14.7 Å². The van der Waals surface area contributed by atoms with E-state index >= 15 is 0 Å². The Morgan fingerprint density at radius 2 is 1.81 bits per heavy atom. The molecular weight excluding hydrogens is 354 g/mol. The number of aromatic nitrogens is 1. The van der Waals surface area contributed by atoms with Gasteiger partial charge in [0, 0.05) is 66.7 Å². The Hall–Kier alpha value is -1.85. The highest BCUT2D eigenvalue weighted by Crippen LogP contribution is 2.24. The number of amides is 1. The molecule has 5 heteroatoms. The molecule has 0 bridgehead atoms. The number of likely N-dealkylation sites (tertiary alicyclic amines) is 1. The topological polar surface area (TPSA) is 36.4 Å². The van der Waals surface area contributed by atoms with Crippen LogP contribution in [0.25, 0.3) is 11.1 Å². The Labute approximate surface area is 166 Å². The maximum absolute atomic E-state index is 13.0. The molecule has 4 nitrogen and oxygen atoms in total. The standard InChI is InChI=1S/C22H27N3OS/c1-17-5-6-20(16-23-17)18-3-2-4-19(15-18)22(26)25-9-7-21(8-10-25)24-11-13-27-14-12-24/h2-6,15-16,21H,7-14H2,1H3. The van der Waals surface area contributed by atoms with Crippen molar-refractivity contribution in [3.05, 3.63) is 53.9 Å². The molecule has 2 aliphatic heterocycles. The monoisotopic (exact) mass is 381 g/mol. The number of carbonyl (C=O) groups is 1. The van der Waals surface area contributed by atoms with E-state index in [1.165, 1.54) is 24.6 Å². The molecule has 27 heavy (non-hydrogen) atoms. The number of rotatable bonds is 3. The predicted octanol–water partition coefficient (Wildman–Crippen LogP) is 3.71. The molecule has 1 aromatic heterocycles. The third-order valence-corrected chi connectivity index (χ3v) is 6.61. The summed E-state index contributed by atoms with van der Waals surface area (Å²) >= 11 is 2.05. The highest BCUT2D eigenvalue weighted by atomic mass is 32.2. The number of piperidine rings is 1. The fourth-order valence-electron chi connectivity index (χ4n) is 4.03. The minimum atomic E-state index is 0.157. The third kappa shape index (κ3) is 4.36. The first-order valence-electron chi connectivity index (χ1n) is 9.85. The largest absolute Gasteiger partial charge is 0.339 e. The molecule has 2 saturated heterocycles. The molecule has 0 N–H and O–H groups in total. The van der Waals surface area contributed by atoms with Crippen LogP contribution >= 0.6 is 11.8 Å². The van der Waals surface area contributed by atoms with Gasteiger partial charge >= 0.3 is 0 Å². The molecule has 1 aromatic carbocycles. The molecule has 2 aliphatic rings. The Kier molecular flexibility index (Phi) is 5.79. The zero-order valence-electron chi connectivity index (χ0n) is 15.9. The van der Waals surface area contributed by atoms with Crippen molar-refractivity contribution in [2.45, 2.75) is 25.8 Å². The van der Waals surface area contributed by atoms with Gasteiger partial charge in [0.25, 0.3) is 5.91 Å². The minimum absolute atomic E-state index is 0.157. The molecule has 4 rings (SSSR count). The van der Waals surface area contributed by atoms with Gasteiger partial charge in [0.05, 0.1) is 0 Å². The average Bonchev–Trinajstić information content (AvgIpc) is 2.75. The summed E-state index contributed by atoms with van der Waals surface area (Å²) in [6.45, 7) is 6.12. The molecule has 0 aliphatic carbocycles. The molecule has 0 spiro atoms. The molecule has 1 amide bonds. The normalized spacial score (nSPS) is 19.2. The van der Waals surface area contributed by atoms with E-state index in [4.69, 9.17) is 0 Å². The number of pyridine rings is 1. The first-order chi connectivity index (χ1) is 13.2. The number of hydrogen-bond acceptors (Lipinski definition) is 4. The number of hydrogen-bond donors (Lipinski definition) is 0. The summed E-state index contributed by atoms with van der Waals surface area (Å²) in [4.78, 5) is 22.0. The molecule has 0 radical (unpaired) electrons. The van der Waals surface area contributed by atoms with E-state index in [0.717, 1.165) is 48.3 Å². The second-order valence-electron chi connectivity index (χ2n) is 7.44. The van der Waals surface area contributed by atoms with Crippen molar-refractivity contribution in [2.24, 2.45) is 0 Å². The summed E-state index contributed by atoms with van der Waals surface area (Å²) in [5, 5.41) is 0. The summed E-state index contributed by atoms with van der Waals surface area (Å²) in [6, 6.07) is 12.7. The van der Waals surface area contributed by atoms with Crippen molar-refractivity contribution >= 4 is 17.7 Å². The van der Waals surface area contributed by atoms with E-state index in [0.29, 0.717) is 6.04 Å². The molecule has 3 heterocycles. The van der Waals surface area contributed by atoms with E-state index in [-0.39, 0.29) is 5.91 Å². The molecule has 0 saturated carbocycles. The van der Waals surface area contributed by atoms with Gasteiger partial charge < -0.3 is 4.90 Å². The molecule has 2 fully saturated rings. The van der Waals surface area contributed by atoms with Crippen LogP contribution in [0.2, 0.25) is 0 Å². The van der Waals surface area contributed by atoms with Gasteiger partial charge in [-0.2, -0.15) is 11.8 Å². The number of aryl methyl sites for hydroxylation is 1. The van der Waals surface area contributed by atoms with E-state index in [9.17, 15) is 4.79 Å². The third-order valence-electron chi connectivity index (χ3n) is 5.67. The number of benzene rings is 1. The highest BCUT2D eigenvalue weighted by Gasteiger charge is 2.28. The second kappa shape index (κ2) is 8.44. The first-order valence-corrected chi connectivity index (χ1v) is 11.0. The van der Waals surface area contributed by atoms with E-state index in [2.05, 4.69) is 27.7 Å². The molecule has 2 aromatic rings. The Balaban J connectivity index is 1.41. The summed E-state index contributed by atoms with van der Waals surface area (Å²) < 4.78 is 0. The van der Waals surface area contributed by atoms with Crippen molar-refractivity contribution in [3.8, 4) is 11.1 Å². The lowest BCUT2D eigenvalue weighted by Crippen LogP contribution is -2.49. The van der Waals surface area contributed by atoms with Crippen LogP contribution in [-0.2, 0) is 0 Å². The van der Waals surface area contributed by atoms with Gasteiger partial charge in [-0.25, -0.2) is 0 Å². The van der Waals surface area contributed by atoms with E-state index < -0.39 is 0 Å². The van der Waals surface area contributed by atoms with Gasteiger partial charge in [-0.15, -0.1) is 0 Å². The van der Waals surface area contributed by atoms with Crippen LogP contribution in [0.3, 0.4) is 0 Å². The first kappa shape index (κ1) is 18.5. The van der Waals surface area contributed by atoms with E-state index in [1.807, 2.05) is 48.4 Å². The van der Waals surface area contributed by atoms with Crippen LogP contribution in [-0.4, -0.2) is 64.4 Å². The Morgan fingerprint density at radius 1 is 1.04 bits per heavy atom. The summed E-state index contributed by atoms with van der Waals surface area (Å²) in [6.07, 6.45) is 4.07. The Bertz CT molecular complexity index is 778. The van der Waals surface area contributed by atoms with Gasteiger partial charge in [0.2, 0.25) is 0 Å². The van der Waals surface area contributed by atoms with Gasteiger partial charge in [0.1, 0.15) is 0 Å². The van der Waals surface area contributed by atoms with Crippen LogP contribution in [0.15, 0.2) is 42.6 Å². The average molecular weight is 382 g/mol. The minimum Gasteiger partial charge on any atom is -0.339 e.